The highest BCUT2D eigenvalue weighted by Crippen LogP contribution is 2.19. The molecule has 1 aromatic heterocycles. The minimum Gasteiger partial charge on any atom is -0.353 e. The van der Waals surface area contributed by atoms with Crippen LogP contribution in [-0.2, 0) is 11.2 Å². The number of carbonyl (C=O) groups is 1. The summed E-state index contributed by atoms with van der Waals surface area (Å²) in [6.07, 6.45) is 3.30. The van der Waals surface area contributed by atoms with Crippen LogP contribution in [0.15, 0.2) is 41.4 Å². The maximum Gasteiger partial charge on any atom is 0.226 e. The number of aryl methyl sites for hydroxylation is 1. The Balaban J connectivity index is 1.84. The molecule has 0 saturated heterocycles. The molecule has 1 heterocycles. The maximum atomic E-state index is 11.4. The second kappa shape index (κ2) is 7.59. The normalized spacial score (nSPS) is 10.3. The first kappa shape index (κ1) is 15.3. The Kier molecular flexibility index (Phi) is 5.51. The van der Waals surface area contributed by atoms with E-state index >= 15 is 0 Å². The number of halogens is 1. The van der Waals surface area contributed by atoms with Gasteiger partial charge in [-0.05, 0) is 30.7 Å². The van der Waals surface area contributed by atoms with Gasteiger partial charge in [-0.25, -0.2) is 0 Å². The van der Waals surface area contributed by atoms with Crippen molar-refractivity contribution in [3.05, 3.63) is 47.8 Å². The molecule has 6 heteroatoms. The van der Waals surface area contributed by atoms with Crippen molar-refractivity contribution in [3.63, 3.8) is 0 Å². The second-order valence-electron chi connectivity index (χ2n) is 4.46. The van der Waals surface area contributed by atoms with Crippen LogP contribution in [-0.4, -0.2) is 22.6 Å². The first-order valence-corrected chi connectivity index (χ1v) is 7.03. The Hall–Kier alpha value is -2.14. The summed E-state index contributed by atoms with van der Waals surface area (Å²) >= 11 is 5.83. The summed E-state index contributed by atoms with van der Waals surface area (Å²) in [7, 11) is 0. The molecule has 0 unspecified atom stereocenters. The molecule has 1 aromatic carbocycles. The Bertz CT molecular complexity index is 608. The molecule has 0 radical (unpaired) electrons. The number of nitrogens with one attached hydrogen (secondary N) is 1. The average Bonchev–Trinajstić information content (AvgIpc) is 2.95. The van der Waals surface area contributed by atoms with Crippen LogP contribution < -0.4 is 5.32 Å². The fraction of sp³-hybridized carbons (Fsp3) is 0.267. The molecule has 0 aliphatic carbocycles. The fourth-order valence-electron chi connectivity index (χ4n) is 1.75. The highest BCUT2D eigenvalue weighted by molar-refractivity contribution is 6.30. The summed E-state index contributed by atoms with van der Waals surface area (Å²) in [5.74, 6) is 1.04. The summed E-state index contributed by atoms with van der Waals surface area (Å²) in [6.45, 7) is 4.03. The van der Waals surface area contributed by atoms with Gasteiger partial charge >= 0.3 is 0 Å². The molecule has 1 amide bonds. The van der Waals surface area contributed by atoms with Gasteiger partial charge in [-0.2, -0.15) is 4.98 Å². The molecule has 0 bridgehead atoms. The van der Waals surface area contributed by atoms with E-state index in [-0.39, 0.29) is 5.91 Å². The molecule has 2 aromatic rings. The van der Waals surface area contributed by atoms with Crippen LogP contribution in [0.4, 0.5) is 0 Å². The summed E-state index contributed by atoms with van der Waals surface area (Å²) in [5, 5.41) is 7.30. The zero-order chi connectivity index (χ0) is 15.1. The lowest BCUT2D eigenvalue weighted by Gasteiger charge is -1.99. The standard InChI is InChI=1S/C15H16ClN3O2/c1-2-10-17-13(20)4-3-5-14-18-15(19-21-14)11-6-8-12(16)9-7-11/h2,6-9H,1,3-5,10H2,(H,17,20). The molecule has 0 fully saturated rings. The van der Waals surface area contributed by atoms with E-state index in [9.17, 15) is 4.79 Å². The first-order valence-electron chi connectivity index (χ1n) is 6.65. The van der Waals surface area contributed by atoms with Crippen molar-refractivity contribution >= 4 is 17.5 Å². The van der Waals surface area contributed by atoms with Gasteiger partial charge in [0.1, 0.15) is 0 Å². The molecule has 0 atom stereocenters. The van der Waals surface area contributed by atoms with E-state index in [4.69, 9.17) is 16.1 Å². The minimum atomic E-state index is -0.00709. The quantitative estimate of drug-likeness (QED) is 0.798. The Morgan fingerprint density at radius 2 is 2.14 bits per heavy atom. The second-order valence-corrected chi connectivity index (χ2v) is 4.90. The van der Waals surface area contributed by atoms with Gasteiger partial charge in [-0.3, -0.25) is 4.79 Å². The topological polar surface area (TPSA) is 68.0 Å². The van der Waals surface area contributed by atoms with Crippen LogP contribution >= 0.6 is 11.6 Å². The fourth-order valence-corrected chi connectivity index (χ4v) is 1.87. The third kappa shape index (κ3) is 4.72. The Morgan fingerprint density at radius 1 is 1.38 bits per heavy atom. The van der Waals surface area contributed by atoms with Crippen molar-refractivity contribution in [2.45, 2.75) is 19.3 Å². The van der Waals surface area contributed by atoms with Crippen LogP contribution in [0.5, 0.6) is 0 Å². The number of hydrogen-bond donors (Lipinski definition) is 1. The predicted molar refractivity (Wildman–Crippen MR) is 80.9 cm³/mol. The minimum absolute atomic E-state index is 0.00709. The number of hydrogen-bond acceptors (Lipinski definition) is 4. The predicted octanol–water partition coefficient (Wildman–Crippen LogP) is 3.01. The highest BCUT2D eigenvalue weighted by Gasteiger charge is 2.09. The van der Waals surface area contributed by atoms with Gasteiger partial charge in [0.15, 0.2) is 0 Å². The lowest BCUT2D eigenvalue weighted by Crippen LogP contribution is -2.22. The number of carbonyl (C=O) groups excluding carboxylic acids is 1. The van der Waals surface area contributed by atoms with Crippen molar-refractivity contribution in [2.75, 3.05) is 6.54 Å². The van der Waals surface area contributed by atoms with Crippen molar-refractivity contribution in [3.8, 4) is 11.4 Å². The average molecular weight is 306 g/mol. The van der Waals surface area contributed by atoms with Gasteiger partial charge in [0.05, 0.1) is 0 Å². The van der Waals surface area contributed by atoms with Gasteiger partial charge in [0, 0.05) is 30.0 Å². The number of rotatable bonds is 7. The van der Waals surface area contributed by atoms with Gasteiger partial charge < -0.3 is 9.84 Å². The zero-order valence-corrected chi connectivity index (χ0v) is 12.3. The first-order chi connectivity index (χ1) is 10.2. The number of nitrogens with zero attached hydrogens (tertiary/aromatic N) is 2. The van der Waals surface area contributed by atoms with Crippen LogP contribution in [0.1, 0.15) is 18.7 Å². The van der Waals surface area contributed by atoms with Crippen molar-refractivity contribution in [2.24, 2.45) is 0 Å². The SMILES string of the molecule is C=CCNC(=O)CCCc1nc(-c2ccc(Cl)cc2)no1. The molecule has 0 aliphatic heterocycles. The number of amides is 1. The summed E-state index contributed by atoms with van der Waals surface area (Å²) in [4.78, 5) is 15.7. The van der Waals surface area contributed by atoms with Crippen LogP contribution in [0, 0.1) is 0 Å². The van der Waals surface area contributed by atoms with Gasteiger partial charge in [0.25, 0.3) is 0 Å². The molecule has 21 heavy (non-hydrogen) atoms. The number of aromatic nitrogens is 2. The molecular weight excluding hydrogens is 290 g/mol. The molecule has 0 aliphatic rings. The van der Waals surface area contributed by atoms with Crippen molar-refractivity contribution in [1.82, 2.24) is 15.5 Å². The summed E-state index contributed by atoms with van der Waals surface area (Å²) < 4.78 is 5.17. The van der Waals surface area contributed by atoms with E-state index in [1.165, 1.54) is 0 Å². The monoisotopic (exact) mass is 305 g/mol. The Labute approximate surface area is 128 Å². The largest absolute Gasteiger partial charge is 0.353 e. The number of benzene rings is 1. The van der Waals surface area contributed by atoms with Crippen molar-refractivity contribution in [1.29, 1.82) is 0 Å². The molecule has 0 spiro atoms. The van der Waals surface area contributed by atoms with Gasteiger partial charge in [-0.15, -0.1) is 6.58 Å². The van der Waals surface area contributed by atoms with E-state index in [0.717, 1.165) is 5.56 Å². The molecule has 0 saturated carbocycles. The van der Waals surface area contributed by atoms with Crippen LogP contribution in [0.2, 0.25) is 5.02 Å². The molecule has 1 N–H and O–H groups in total. The van der Waals surface area contributed by atoms with Crippen LogP contribution in [0.25, 0.3) is 11.4 Å². The van der Waals surface area contributed by atoms with Gasteiger partial charge in [-0.1, -0.05) is 22.8 Å². The van der Waals surface area contributed by atoms with E-state index in [2.05, 4.69) is 22.0 Å². The molecule has 5 nitrogen and oxygen atoms in total. The van der Waals surface area contributed by atoms with E-state index < -0.39 is 0 Å². The van der Waals surface area contributed by atoms with E-state index in [1.54, 1.807) is 18.2 Å². The highest BCUT2D eigenvalue weighted by atomic mass is 35.5. The summed E-state index contributed by atoms with van der Waals surface area (Å²) in [5.41, 5.74) is 0.845. The lowest BCUT2D eigenvalue weighted by atomic mass is 10.2. The zero-order valence-electron chi connectivity index (χ0n) is 11.5. The van der Waals surface area contributed by atoms with E-state index in [0.29, 0.717) is 42.5 Å². The Morgan fingerprint density at radius 3 is 2.86 bits per heavy atom. The third-order valence-electron chi connectivity index (χ3n) is 2.81. The molecular formula is C15H16ClN3O2. The molecule has 2 rings (SSSR count). The van der Waals surface area contributed by atoms with Gasteiger partial charge in [0.2, 0.25) is 17.6 Å². The van der Waals surface area contributed by atoms with Crippen LogP contribution in [0.3, 0.4) is 0 Å². The van der Waals surface area contributed by atoms with Crippen molar-refractivity contribution < 1.29 is 9.32 Å². The third-order valence-corrected chi connectivity index (χ3v) is 3.06. The molecule has 110 valence electrons. The smallest absolute Gasteiger partial charge is 0.226 e. The summed E-state index contributed by atoms with van der Waals surface area (Å²) in [6, 6.07) is 7.22. The lowest BCUT2D eigenvalue weighted by molar-refractivity contribution is -0.120. The van der Waals surface area contributed by atoms with E-state index in [1.807, 2.05) is 12.1 Å². The maximum absolute atomic E-state index is 11.4.